The first kappa shape index (κ1) is 105. The summed E-state index contributed by atoms with van der Waals surface area (Å²) in [5.74, 6) is -11.8. The molecule has 0 aromatic heterocycles. The van der Waals surface area contributed by atoms with Gasteiger partial charge in [-0.2, -0.15) is 0 Å². The molecule has 1 rings (SSSR count). The Hall–Kier alpha value is -7.11. The van der Waals surface area contributed by atoms with E-state index in [0.29, 0.717) is 64.3 Å². The van der Waals surface area contributed by atoms with Crippen molar-refractivity contribution in [3.63, 3.8) is 0 Å². The Morgan fingerprint density at radius 3 is 1.39 bits per heavy atom. The van der Waals surface area contributed by atoms with E-state index in [2.05, 4.69) is 43.8 Å². The summed E-state index contributed by atoms with van der Waals surface area (Å²) < 4.78 is 0. The molecule has 0 bridgehead atoms. The fourth-order valence-electron chi connectivity index (χ4n) is 14.0. The highest BCUT2D eigenvalue weighted by molar-refractivity contribution is 5.98. The average molecular weight is 1590 g/mol. The van der Waals surface area contributed by atoms with Crippen LogP contribution in [0, 0.1) is 59.2 Å². The zero-order valence-electron chi connectivity index (χ0n) is 70.6. The van der Waals surface area contributed by atoms with Crippen molar-refractivity contribution in [2.24, 2.45) is 81.4 Å². The minimum atomic E-state index is -1.46. The van der Waals surface area contributed by atoms with Gasteiger partial charge < -0.3 is 74.4 Å². The molecule has 0 spiro atoms. The van der Waals surface area contributed by atoms with E-state index in [4.69, 9.17) is 17.2 Å². The van der Waals surface area contributed by atoms with Gasteiger partial charge in [-0.15, -0.1) is 0 Å². The number of rotatable bonds is 63. The number of nitrogens with zero attached hydrogens (tertiary/aromatic N) is 2. The Morgan fingerprint density at radius 1 is 0.455 bits per heavy atom. The molecule has 1 aliphatic heterocycles. The van der Waals surface area contributed by atoms with Crippen LogP contribution >= 0.6 is 0 Å². The van der Waals surface area contributed by atoms with Gasteiger partial charge >= 0.3 is 0 Å². The molecule has 0 aromatic carbocycles. The zero-order chi connectivity index (χ0) is 85.2. The van der Waals surface area contributed by atoms with Gasteiger partial charge in [0.05, 0.1) is 67.8 Å². The third-order valence-corrected chi connectivity index (χ3v) is 20.4. The molecular weight excluding hydrogens is 1440 g/mol. The Bertz CT molecular complexity index is 2900. The van der Waals surface area contributed by atoms with Gasteiger partial charge in [0.25, 0.3) is 0 Å². The highest BCUT2D eigenvalue weighted by Gasteiger charge is 2.38. The van der Waals surface area contributed by atoms with E-state index in [1.54, 1.807) is 6.92 Å². The largest absolute Gasteiger partial charge is 0.396 e. The molecule has 13 atom stereocenters. The summed E-state index contributed by atoms with van der Waals surface area (Å²) in [7, 11) is 1.52. The number of hydrogen-bond acceptors (Lipinski definition) is 19. The van der Waals surface area contributed by atoms with Crippen LogP contribution in [-0.4, -0.2) is 196 Å². The summed E-state index contributed by atoms with van der Waals surface area (Å²) in [4.78, 5) is 188. The zero-order valence-corrected chi connectivity index (χ0v) is 70.6. The van der Waals surface area contributed by atoms with E-state index in [1.807, 2.05) is 62.3 Å². The first-order valence-electron chi connectivity index (χ1n) is 41.9. The molecule has 1 aliphatic rings. The molecule has 0 unspecified atom stereocenters. The normalized spacial score (nSPS) is 16.0. The first-order valence-corrected chi connectivity index (χ1v) is 41.9. The van der Waals surface area contributed by atoms with Crippen LogP contribution in [-0.2, 0) is 67.1 Å². The van der Waals surface area contributed by atoms with Gasteiger partial charge in [-0.25, -0.2) is 0 Å². The van der Waals surface area contributed by atoms with Gasteiger partial charge in [0.1, 0.15) is 17.9 Å². The number of unbranched alkanes of at least 4 members (excludes halogenated alkanes) is 13. The minimum absolute atomic E-state index is 0.0381. The summed E-state index contributed by atoms with van der Waals surface area (Å²) >= 11 is 0. The smallest absolute Gasteiger partial charge is 0.240 e. The fourth-order valence-corrected chi connectivity index (χ4v) is 14.0. The molecule has 0 radical (unpaired) electrons. The predicted molar refractivity (Wildman–Crippen MR) is 433 cm³/mol. The number of ketones is 6. The molecule has 16 N–H and O–H groups in total. The molecule has 8 amide bonds. The second-order valence-electron chi connectivity index (χ2n) is 32.8. The number of primary amides is 1. The monoisotopic (exact) mass is 1590 g/mol. The average Bonchev–Trinajstić information content (AvgIpc) is 1.62. The standard InChI is InChI=1S/C43H73N5O12.C40H76N6O6/c1-9-10-12-33(46-43(60)32(27(7)50)21-36(54)26(6)17-24(2)3)37(55)20-29(18-25(4)5)41(58)45-22-31(52)19-30(23-49)42(59)47-39(28(8)51)35(53)14-15-38(56)48-16-11-13-34(48)40(44)57;1-7-8-9-10-11-12-13-14-15-16-17-18-19-22-37(50)45-34(25-30(4)5)36(49)27-32(28-47)39(52)46-33(21-20-23-44-40(41)42)35(48)26-31(24-29(2)3)38(51)43-6/h24-30,32-34,39,49-51H,9-23H2,1-8H3,(H2,44,57)(H,45,58)(H,46,60)(H,47,59);29-34,47H,7-28H2,1-6H3,(H,43,51)(H,45,50)(H,46,52)(H4,41,42,44)/t26-,27+,28+,29+,30-,32-,33-,34-,39-;31-,32+,33+,34+/m01/s1. The number of amides is 8. The summed E-state index contributed by atoms with van der Waals surface area (Å²) in [5.41, 5.74) is 16.2. The van der Waals surface area contributed by atoms with Crippen LogP contribution in [0.3, 0.4) is 0 Å². The van der Waals surface area contributed by atoms with Gasteiger partial charge in [-0.1, -0.05) is 166 Å². The van der Waals surface area contributed by atoms with Crippen LogP contribution in [0.4, 0.5) is 0 Å². The molecule has 29 nitrogen and oxygen atoms in total. The lowest BCUT2D eigenvalue weighted by Crippen LogP contribution is -2.51. The number of carbonyl (C=O) groups excluding carboxylic acids is 14. The topological polar surface area (TPSA) is 486 Å². The second kappa shape index (κ2) is 59.6. The first-order chi connectivity index (χ1) is 52.8. The second-order valence-corrected chi connectivity index (χ2v) is 32.8. The third kappa shape index (κ3) is 45.7. The maximum atomic E-state index is 13.7. The van der Waals surface area contributed by atoms with Crippen LogP contribution in [0.2, 0.25) is 0 Å². The molecule has 1 fully saturated rings. The molecule has 29 heteroatoms. The SMILES string of the molecule is CCCCCCCCCCCCCCCC(=O)N[C@@H](CC(C)C)C(=O)C[C@@H](CO)C(=O)N[C@@H](CCCN=C(N)N)C(=O)C[C@@H](CC(C)C)C(=O)NC.CCCC[C@H](NC(=O)[C@@H](CC(=O)[C@@H](C)CC(C)C)[C@@H](C)O)C(=O)C[C@@H](CC(C)C)C(=O)NCC(=O)C[C@@H](CO)C(=O)N[C@H](C(=O)CCC(=O)N1CCC[C@H]1C(N)=O)[C@@H](C)O. The Morgan fingerprint density at radius 2 is 0.920 bits per heavy atom. The van der Waals surface area contributed by atoms with Crippen LogP contribution in [0.15, 0.2) is 4.99 Å². The van der Waals surface area contributed by atoms with Crippen LogP contribution in [0.25, 0.3) is 0 Å². The number of aliphatic hydroxyl groups is 4. The van der Waals surface area contributed by atoms with Gasteiger partial charge in [-0.05, 0) is 102 Å². The van der Waals surface area contributed by atoms with E-state index >= 15 is 0 Å². The number of carbonyl (C=O) groups is 14. The maximum absolute atomic E-state index is 13.7. The molecule has 0 aromatic rings. The molecular formula is C83H149N11O18. The fraction of sp³-hybridized carbons (Fsp3) is 0.819. The lowest BCUT2D eigenvalue weighted by atomic mass is 9.86. The van der Waals surface area contributed by atoms with Gasteiger partial charge in [0, 0.05) is 89.3 Å². The van der Waals surface area contributed by atoms with Gasteiger partial charge in [-0.3, -0.25) is 72.1 Å². The highest BCUT2D eigenvalue weighted by atomic mass is 16.3. The maximum Gasteiger partial charge on any atom is 0.240 e. The third-order valence-electron chi connectivity index (χ3n) is 20.4. The van der Waals surface area contributed by atoms with Gasteiger partial charge in [0.2, 0.25) is 47.3 Å². The quantitative estimate of drug-likeness (QED) is 0.0170. The Kier molecular flexibility index (Phi) is 55.8. The number of hydrogen-bond donors (Lipinski definition) is 13. The van der Waals surface area contributed by atoms with Crippen molar-refractivity contribution >= 4 is 87.9 Å². The Balaban J connectivity index is 0.00000222. The predicted octanol–water partition coefficient (Wildman–Crippen LogP) is 6.77. The highest BCUT2D eigenvalue weighted by Crippen LogP contribution is 2.25. The van der Waals surface area contributed by atoms with Crippen molar-refractivity contribution in [2.75, 3.05) is 39.9 Å². The number of aliphatic hydroxyl groups excluding tert-OH is 4. The van der Waals surface area contributed by atoms with Crippen LogP contribution in [0.5, 0.6) is 0 Å². The van der Waals surface area contributed by atoms with E-state index in [1.165, 1.54) is 90.0 Å². The molecule has 1 heterocycles. The molecule has 0 saturated carbocycles. The lowest BCUT2D eigenvalue weighted by molar-refractivity contribution is -0.139. The van der Waals surface area contributed by atoms with Crippen LogP contribution in [0.1, 0.15) is 295 Å². The van der Waals surface area contributed by atoms with Crippen molar-refractivity contribution in [1.29, 1.82) is 0 Å². The van der Waals surface area contributed by atoms with Gasteiger partial charge in [0.15, 0.2) is 34.9 Å². The summed E-state index contributed by atoms with van der Waals surface area (Å²) in [6.07, 6.45) is 16.6. The molecule has 112 heavy (non-hydrogen) atoms. The van der Waals surface area contributed by atoms with Crippen molar-refractivity contribution in [1.82, 2.24) is 36.8 Å². The molecule has 0 aliphatic carbocycles. The van der Waals surface area contributed by atoms with E-state index < -0.39 is 151 Å². The van der Waals surface area contributed by atoms with Crippen molar-refractivity contribution in [3.05, 3.63) is 0 Å². The van der Waals surface area contributed by atoms with Crippen LogP contribution < -0.4 is 49.1 Å². The van der Waals surface area contributed by atoms with E-state index in [-0.39, 0.29) is 129 Å². The summed E-state index contributed by atoms with van der Waals surface area (Å²) in [6.45, 7) is 22.8. The lowest BCUT2D eigenvalue weighted by Gasteiger charge is -2.26. The summed E-state index contributed by atoms with van der Waals surface area (Å²) in [6, 6.07) is -4.94. The van der Waals surface area contributed by atoms with E-state index in [0.717, 1.165) is 19.3 Å². The molecule has 644 valence electrons. The summed E-state index contributed by atoms with van der Waals surface area (Å²) in [5, 5.41) is 56.7. The minimum Gasteiger partial charge on any atom is -0.396 e. The number of guanidine groups is 1. The van der Waals surface area contributed by atoms with Crippen molar-refractivity contribution < 1.29 is 87.5 Å². The van der Waals surface area contributed by atoms with E-state index in [9.17, 15) is 87.5 Å². The molecule has 1 saturated heterocycles. The van der Waals surface area contributed by atoms with Crippen molar-refractivity contribution in [3.8, 4) is 0 Å². The number of aliphatic imine (C=N–C) groups is 1. The number of Topliss-reactive ketones (excluding diaryl/α,β-unsaturated/α-hetero) is 6. The van der Waals surface area contributed by atoms with Crippen molar-refractivity contribution in [2.45, 2.75) is 338 Å². The number of nitrogens with two attached hydrogens (primary N) is 3. The Labute approximate surface area is 668 Å². The number of nitrogens with one attached hydrogen (secondary N) is 6. The number of likely N-dealkylation sites (tertiary alicyclic amines) is 1.